The van der Waals surface area contributed by atoms with Crippen LogP contribution in [0.4, 0.5) is 0 Å². The topological polar surface area (TPSA) is 78.9 Å². The van der Waals surface area contributed by atoms with E-state index in [9.17, 15) is 14.4 Å². The van der Waals surface area contributed by atoms with E-state index in [1.807, 2.05) is 0 Å². The molecule has 0 fully saturated rings. The molecule has 0 rings (SSSR count). The smallest absolute Gasteiger partial charge is 0.306 e. The highest BCUT2D eigenvalue weighted by atomic mass is 16.6. The monoisotopic (exact) mass is 871 g/mol. The van der Waals surface area contributed by atoms with Gasteiger partial charge in [-0.1, -0.05) is 181 Å². The van der Waals surface area contributed by atoms with Crippen molar-refractivity contribution in [3.05, 3.63) is 122 Å². The molecular weight excluding hydrogens is 781 g/mol. The molecule has 0 aromatic heterocycles. The Morgan fingerprint density at radius 2 is 0.619 bits per heavy atom. The van der Waals surface area contributed by atoms with Crippen molar-refractivity contribution in [2.24, 2.45) is 0 Å². The highest BCUT2D eigenvalue weighted by molar-refractivity contribution is 5.71. The van der Waals surface area contributed by atoms with E-state index in [4.69, 9.17) is 14.2 Å². The maximum Gasteiger partial charge on any atom is 0.306 e. The van der Waals surface area contributed by atoms with Gasteiger partial charge in [0, 0.05) is 19.3 Å². The molecule has 0 N–H and O–H groups in total. The van der Waals surface area contributed by atoms with Gasteiger partial charge >= 0.3 is 17.9 Å². The predicted molar refractivity (Wildman–Crippen MR) is 269 cm³/mol. The first-order chi connectivity index (χ1) is 31.0. The lowest BCUT2D eigenvalue weighted by molar-refractivity contribution is -0.167. The van der Waals surface area contributed by atoms with Gasteiger partial charge < -0.3 is 14.2 Å². The zero-order chi connectivity index (χ0) is 45.8. The minimum atomic E-state index is -0.819. The van der Waals surface area contributed by atoms with Crippen LogP contribution in [0.5, 0.6) is 0 Å². The van der Waals surface area contributed by atoms with Gasteiger partial charge in [-0.2, -0.15) is 0 Å². The molecule has 0 aliphatic rings. The van der Waals surface area contributed by atoms with Crippen LogP contribution < -0.4 is 0 Å². The van der Waals surface area contributed by atoms with E-state index in [1.165, 1.54) is 25.7 Å². The van der Waals surface area contributed by atoms with Crippen molar-refractivity contribution in [3.63, 3.8) is 0 Å². The summed E-state index contributed by atoms with van der Waals surface area (Å²) < 4.78 is 16.7. The fourth-order valence-corrected chi connectivity index (χ4v) is 6.20. The van der Waals surface area contributed by atoms with E-state index in [2.05, 4.69) is 142 Å². The van der Waals surface area contributed by atoms with Crippen LogP contribution in [0.1, 0.15) is 201 Å². The van der Waals surface area contributed by atoms with E-state index in [0.717, 1.165) is 128 Å². The molecule has 354 valence electrons. The van der Waals surface area contributed by atoms with Crippen LogP contribution in [0, 0.1) is 0 Å². The molecule has 0 saturated heterocycles. The second kappa shape index (κ2) is 50.5. The van der Waals surface area contributed by atoms with Gasteiger partial charge in [0.25, 0.3) is 0 Å². The standard InChI is InChI=1S/C57H90O6/c1-4-7-10-13-16-19-22-24-26-27-28-29-31-32-35-38-41-44-47-50-56(59)62-53-54(52-61-55(58)49-46-43-40-37-34-21-18-15-12-9-6-3)63-57(60)51-48-45-42-39-36-33-30-25-23-20-17-14-11-8-5-2/h7-8,10-11,15-20,24-26,28-30,32,35-36,39,54H,4-6,9,12-14,21-23,27,31,33-34,37-38,40-53H2,1-3H3/b10-7-,11-8-,18-15-,19-16-,20-17-,26-24-,29-28-,30-25-,35-32-,39-36-/t54-/m0/s1. The number of carbonyl (C=O) groups is 3. The van der Waals surface area contributed by atoms with Crippen molar-refractivity contribution < 1.29 is 28.6 Å². The first-order valence-electron chi connectivity index (χ1n) is 25.0. The lowest BCUT2D eigenvalue weighted by Gasteiger charge is -2.18. The van der Waals surface area contributed by atoms with Gasteiger partial charge in [-0.05, 0) is 122 Å². The summed E-state index contributed by atoms with van der Waals surface area (Å²) in [5.74, 6) is -1.01. The number of ether oxygens (including phenoxy) is 3. The van der Waals surface area contributed by atoms with Crippen LogP contribution in [0.3, 0.4) is 0 Å². The van der Waals surface area contributed by atoms with E-state index >= 15 is 0 Å². The fraction of sp³-hybridized carbons (Fsp3) is 0.596. The Morgan fingerprint density at radius 3 is 1.03 bits per heavy atom. The lowest BCUT2D eigenvalue weighted by Crippen LogP contribution is -2.30. The molecule has 0 amide bonds. The van der Waals surface area contributed by atoms with Crippen molar-refractivity contribution in [1.82, 2.24) is 0 Å². The second-order valence-electron chi connectivity index (χ2n) is 16.0. The summed E-state index contributed by atoms with van der Waals surface area (Å²) in [6, 6.07) is 0. The molecule has 6 heteroatoms. The first-order valence-corrected chi connectivity index (χ1v) is 25.0. The molecule has 1 atom stereocenters. The van der Waals surface area contributed by atoms with Crippen LogP contribution in [0.25, 0.3) is 0 Å². The molecule has 0 bridgehead atoms. The Labute approximate surface area is 386 Å². The largest absolute Gasteiger partial charge is 0.462 e. The molecule has 0 aromatic rings. The predicted octanol–water partition coefficient (Wildman–Crippen LogP) is 16.5. The number of rotatable bonds is 43. The summed E-state index contributed by atoms with van der Waals surface area (Å²) in [5, 5.41) is 0. The zero-order valence-electron chi connectivity index (χ0n) is 40.3. The van der Waals surface area contributed by atoms with Gasteiger partial charge in [0.05, 0.1) is 0 Å². The quantitative estimate of drug-likeness (QED) is 0.0263. The molecule has 0 saturated carbocycles. The molecule has 6 nitrogen and oxygen atoms in total. The van der Waals surface area contributed by atoms with Crippen molar-refractivity contribution in [1.29, 1.82) is 0 Å². The van der Waals surface area contributed by atoms with Gasteiger partial charge in [-0.3, -0.25) is 14.4 Å². The summed E-state index contributed by atoms with van der Waals surface area (Å²) >= 11 is 0. The molecule has 0 spiro atoms. The van der Waals surface area contributed by atoms with Gasteiger partial charge in [0.15, 0.2) is 6.10 Å². The lowest BCUT2D eigenvalue weighted by atomic mass is 10.1. The molecule has 0 aliphatic carbocycles. The summed E-state index contributed by atoms with van der Waals surface area (Å²) in [6.45, 7) is 6.27. The molecule has 63 heavy (non-hydrogen) atoms. The van der Waals surface area contributed by atoms with Crippen LogP contribution in [0.2, 0.25) is 0 Å². The number of carbonyl (C=O) groups excluding carboxylic acids is 3. The van der Waals surface area contributed by atoms with Crippen LogP contribution >= 0.6 is 0 Å². The third-order valence-electron chi connectivity index (χ3n) is 9.93. The SMILES string of the molecule is CC/C=C\C/C=C\C/C=C\C/C=C\C/C=C\CCCCCC(=O)OC[C@H](COC(=O)CCCCCCC/C=C\CCCC)OC(=O)CCCC/C=C\C/C=C\C/C=C\C/C=C\CC. The van der Waals surface area contributed by atoms with E-state index in [-0.39, 0.29) is 37.5 Å². The molecular formula is C57H90O6. The van der Waals surface area contributed by atoms with Crippen LogP contribution in [0.15, 0.2) is 122 Å². The van der Waals surface area contributed by atoms with Gasteiger partial charge in [-0.15, -0.1) is 0 Å². The maximum absolute atomic E-state index is 12.8. The van der Waals surface area contributed by atoms with E-state index < -0.39 is 6.10 Å². The minimum absolute atomic E-state index is 0.114. The molecule has 0 unspecified atom stereocenters. The second-order valence-corrected chi connectivity index (χ2v) is 16.0. The highest BCUT2D eigenvalue weighted by Crippen LogP contribution is 2.12. The summed E-state index contributed by atoms with van der Waals surface area (Å²) in [7, 11) is 0. The number of esters is 3. The third-order valence-corrected chi connectivity index (χ3v) is 9.93. The summed E-state index contributed by atoms with van der Waals surface area (Å²) in [5.41, 5.74) is 0. The number of hydrogen-bond donors (Lipinski definition) is 0. The first kappa shape index (κ1) is 58.8. The Morgan fingerprint density at radius 1 is 0.333 bits per heavy atom. The van der Waals surface area contributed by atoms with Gasteiger partial charge in [0.2, 0.25) is 0 Å². The Kier molecular flexibility index (Phi) is 47.1. The summed E-state index contributed by atoms with van der Waals surface area (Å²) in [4.78, 5) is 37.9. The average molecular weight is 871 g/mol. The normalized spacial score (nSPS) is 13.1. The Hall–Kier alpha value is -4.19. The van der Waals surface area contributed by atoms with Crippen molar-refractivity contribution in [3.8, 4) is 0 Å². The van der Waals surface area contributed by atoms with Gasteiger partial charge in [-0.25, -0.2) is 0 Å². The van der Waals surface area contributed by atoms with Crippen molar-refractivity contribution in [2.45, 2.75) is 207 Å². The Bertz CT molecular complexity index is 1370. The molecule has 0 aromatic carbocycles. The minimum Gasteiger partial charge on any atom is -0.462 e. The van der Waals surface area contributed by atoms with Gasteiger partial charge in [0.1, 0.15) is 13.2 Å². The Balaban J connectivity index is 4.53. The van der Waals surface area contributed by atoms with Crippen molar-refractivity contribution >= 4 is 17.9 Å². The number of hydrogen-bond acceptors (Lipinski definition) is 6. The van der Waals surface area contributed by atoms with Crippen molar-refractivity contribution in [2.75, 3.05) is 13.2 Å². The molecule has 0 aliphatic heterocycles. The number of unbranched alkanes of at least 4 members (excludes halogenated alkanes) is 12. The fourth-order valence-electron chi connectivity index (χ4n) is 6.20. The third kappa shape index (κ3) is 48.7. The van der Waals surface area contributed by atoms with Crippen LogP contribution in [-0.4, -0.2) is 37.2 Å². The zero-order valence-corrected chi connectivity index (χ0v) is 40.3. The average Bonchev–Trinajstić information content (AvgIpc) is 3.28. The summed E-state index contributed by atoms with van der Waals surface area (Å²) in [6.07, 6.45) is 69.0. The van der Waals surface area contributed by atoms with Crippen LogP contribution in [-0.2, 0) is 28.6 Å². The van der Waals surface area contributed by atoms with E-state index in [0.29, 0.717) is 19.3 Å². The molecule has 0 radical (unpaired) electrons. The highest BCUT2D eigenvalue weighted by Gasteiger charge is 2.19. The maximum atomic E-state index is 12.8. The number of allylic oxidation sites excluding steroid dienone is 20. The van der Waals surface area contributed by atoms with E-state index in [1.54, 1.807) is 0 Å². The molecule has 0 heterocycles.